The van der Waals surface area contributed by atoms with Gasteiger partial charge in [0.15, 0.2) is 0 Å². The van der Waals surface area contributed by atoms with E-state index in [0.717, 1.165) is 0 Å². The third-order valence-corrected chi connectivity index (χ3v) is 7.13. The molecule has 0 aliphatic heterocycles. The van der Waals surface area contributed by atoms with Gasteiger partial charge in [0.25, 0.3) is 0 Å². The fourth-order valence-electron chi connectivity index (χ4n) is 4.19. The van der Waals surface area contributed by atoms with E-state index in [1.807, 2.05) is 0 Å². The molecular weight excluding hydrogens is 398 g/mol. The summed E-state index contributed by atoms with van der Waals surface area (Å²) < 4.78 is 0. The van der Waals surface area contributed by atoms with E-state index in [4.69, 9.17) is 0 Å². The molecule has 0 amide bonds. The summed E-state index contributed by atoms with van der Waals surface area (Å²) in [7, 11) is 5.68. The van der Waals surface area contributed by atoms with Gasteiger partial charge >= 0.3 is 0 Å². The third-order valence-electron chi connectivity index (χ3n) is 6.19. The summed E-state index contributed by atoms with van der Waals surface area (Å²) >= 11 is 0. The maximum absolute atomic E-state index is 2.92. The first kappa shape index (κ1) is 25.6. The van der Waals surface area contributed by atoms with Crippen LogP contribution >= 0.6 is 18.5 Å². The Morgan fingerprint density at radius 1 is 0.533 bits per heavy atom. The summed E-state index contributed by atoms with van der Waals surface area (Å²) in [6.07, 6.45) is 21.1. The van der Waals surface area contributed by atoms with Crippen molar-refractivity contribution in [2.45, 2.75) is 103 Å². The highest BCUT2D eigenvalue weighted by Crippen LogP contribution is 2.21. The third kappa shape index (κ3) is 10.6. The van der Waals surface area contributed by atoms with E-state index in [2.05, 4.69) is 67.9 Å². The first-order chi connectivity index (χ1) is 14.7. The lowest BCUT2D eigenvalue weighted by molar-refractivity contribution is 0.535. The van der Waals surface area contributed by atoms with Crippen LogP contribution in [0, 0.1) is 0 Å². The molecule has 0 aromatic heterocycles. The first-order valence-corrected chi connectivity index (χ1v) is 13.6. The molecule has 0 nitrogen and oxygen atoms in total. The minimum atomic E-state index is 1.20. The highest BCUT2D eigenvalue weighted by atomic mass is 31.0. The van der Waals surface area contributed by atoms with Crippen LogP contribution in [0.5, 0.6) is 0 Å². The quantitative estimate of drug-likeness (QED) is 0.181. The molecule has 0 aliphatic rings. The van der Waals surface area contributed by atoms with Gasteiger partial charge in [-0.05, 0) is 40.1 Å². The molecule has 0 saturated heterocycles. The molecule has 0 N–H and O–H groups in total. The standard InChI is InChI=1S/C28H44P2/c1-2-3-4-5-6-7-8-9-10-11-12-13-14-15-16-26-23-25(19-22-28(26)30)24-17-20-27(29)21-18-24/h17-23H,2-16,29-30H2,1H3. The van der Waals surface area contributed by atoms with Crippen molar-refractivity contribution in [1.82, 2.24) is 0 Å². The van der Waals surface area contributed by atoms with Crippen molar-refractivity contribution in [1.29, 1.82) is 0 Å². The van der Waals surface area contributed by atoms with Crippen molar-refractivity contribution >= 4 is 29.1 Å². The van der Waals surface area contributed by atoms with Crippen molar-refractivity contribution < 1.29 is 0 Å². The van der Waals surface area contributed by atoms with Crippen LogP contribution in [0.1, 0.15) is 102 Å². The SMILES string of the molecule is CCCCCCCCCCCCCCCCc1cc(-c2ccc(P)cc2)ccc1P. The zero-order chi connectivity index (χ0) is 21.4. The smallest absolute Gasteiger partial charge is 0.0181 e. The van der Waals surface area contributed by atoms with E-state index < -0.39 is 0 Å². The molecule has 0 radical (unpaired) electrons. The van der Waals surface area contributed by atoms with E-state index in [1.165, 1.54) is 124 Å². The van der Waals surface area contributed by atoms with Gasteiger partial charge in [-0.25, -0.2) is 0 Å². The van der Waals surface area contributed by atoms with Gasteiger partial charge in [0.2, 0.25) is 0 Å². The second kappa shape index (κ2) is 16.0. The molecule has 2 aromatic carbocycles. The van der Waals surface area contributed by atoms with Gasteiger partial charge in [-0.2, -0.15) is 0 Å². The molecular formula is C28H44P2. The Hall–Kier alpha value is -0.700. The van der Waals surface area contributed by atoms with Crippen molar-refractivity contribution in [2.24, 2.45) is 0 Å². The normalized spacial score (nSPS) is 11.2. The molecule has 2 heteroatoms. The molecule has 30 heavy (non-hydrogen) atoms. The minimum Gasteiger partial charge on any atom is -0.106 e. The fraction of sp³-hybridized carbons (Fsp3) is 0.571. The van der Waals surface area contributed by atoms with Gasteiger partial charge in [-0.3, -0.25) is 0 Å². The first-order valence-electron chi connectivity index (χ1n) is 12.4. The molecule has 2 atom stereocenters. The van der Waals surface area contributed by atoms with Crippen LogP contribution in [-0.4, -0.2) is 0 Å². The van der Waals surface area contributed by atoms with Crippen LogP contribution in [0.25, 0.3) is 11.1 Å². The number of hydrogen-bond acceptors (Lipinski definition) is 0. The van der Waals surface area contributed by atoms with Crippen LogP contribution in [0.2, 0.25) is 0 Å². The van der Waals surface area contributed by atoms with E-state index in [0.29, 0.717) is 0 Å². The average Bonchev–Trinajstić information content (AvgIpc) is 2.76. The monoisotopic (exact) mass is 442 g/mol. The average molecular weight is 443 g/mol. The molecule has 166 valence electrons. The number of aryl methyl sites for hydroxylation is 1. The lowest BCUT2D eigenvalue weighted by atomic mass is 9.99. The maximum atomic E-state index is 2.92. The van der Waals surface area contributed by atoms with Gasteiger partial charge in [0.05, 0.1) is 0 Å². The van der Waals surface area contributed by atoms with E-state index in [1.54, 1.807) is 0 Å². The lowest BCUT2D eigenvalue weighted by Gasteiger charge is -2.10. The summed E-state index contributed by atoms with van der Waals surface area (Å²) in [4.78, 5) is 0. The van der Waals surface area contributed by atoms with Gasteiger partial charge in [0.1, 0.15) is 0 Å². The highest BCUT2D eigenvalue weighted by Gasteiger charge is 2.03. The molecule has 0 fully saturated rings. The summed E-state index contributed by atoms with van der Waals surface area (Å²) in [5.74, 6) is 0. The highest BCUT2D eigenvalue weighted by molar-refractivity contribution is 7.27. The van der Waals surface area contributed by atoms with Crippen molar-refractivity contribution in [3.8, 4) is 11.1 Å². The topological polar surface area (TPSA) is 0 Å². The lowest BCUT2D eigenvalue weighted by Crippen LogP contribution is -2.02. The molecule has 0 saturated carbocycles. The number of benzene rings is 2. The van der Waals surface area contributed by atoms with Crippen LogP contribution < -0.4 is 10.6 Å². The minimum absolute atomic E-state index is 1.20. The number of hydrogen-bond donors (Lipinski definition) is 0. The maximum Gasteiger partial charge on any atom is -0.0181 e. The van der Waals surface area contributed by atoms with Crippen LogP contribution in [0.3, 0.4) is 0 Å². The fourth-order valence-corrected chi connectivity index (χ4v) is 4.70. The molecule has 0 heterocycles. The number of unbranched alkanes of at least 4 members (excludes halogenated alkanes) is 13. The van der Waals surface area contributed by atoms with E-state index >= 15 is 0 Å². The Labute approximate surface area is 191 Å². The molecule has 2 aromatic rings. The van der Waals surface area contributed by atoms with Gasteiger partial charge in [-0.1, -0.05) is 133 Å². The Balaban J connectivity index is 1.54. The van der Waals surface area contributed by atoms with Gasteiger partial charge in [-0.15, -0.1) is 18.5 Å². The molecule has 0 aliphatic carbocycles. The summed E-state index contributed by atoms with van der Waals surface area (Å²) in [6.45, 7) is 2.30. The second-order valence-corrected chi connectivity index (χ2v) is 10.2. The molecule has 2 rings (SSSR count). The molecule has 2 unspecified atom stereocenters. The Morgan fingerprint density at radius 2 is 1.00 bits per heavy atom. The zero-order valence-electron chi connectivity index (χ0n) is 19.3. The van der Waals surface area contributed by atoms with E-state index in [9.17, 15) is 0 Å². The van der Waals surface area contributed by atoms with E-state index in [-0.39, 0.29) is 0 Å². The predicted octanol–water partition coefficient (Wildman–Crippen LogP) is 8.38. The largest absolute Gasteiger partial charge is 0.106 e. The van der Waals surface area contributed by atoms with Crippen LogP contribution in [0.15, 0.2) is 42.5 Å². The second-order valence-electron chi connectivity index (χ2n) is 8.88. The van der Waals surface area contributed by atoms with Gasteiger partial charge < -0.3 is 0 Å². The van der Waals surface area contributed by atoms with Crippen LogP contribution in [0.4, 0.5) is 0 Å². The molecule has 0 bridgehead atoms. The summed E-state index contributed by atoms with van der Waals surface area (Å²) in [6, 6.07) is 15.7. The van der Waals surface area contributed by atoms with Crippen molar-refractivity contribution in [3.05, 3.63) is 48.0 Å². The van der Waals surface area contributed by atoms with Crippen LogP contribution in [-0.2, 0) is 6.42 Å². The Morgan fingerprint density at radius 3 is 1.53 bits per heavy atom. The Kier molecular flexibility index (Phi) is 13.6. The Bertz CT molecular complexity index is 690. The van der Waals surface area contributed by atoms with Crippen molar-refractivity contribution in [2.75, 3.05) is 0 Å². The van der Waals surface area contributed by atoms with Crippen molar-refractivity contribution in [3.63, 3.8) is 0 Å². The summed E-state index contributed by atoms with van der Waals surface area (Å²) in [5, 5.41) is 2.60. The zero-order valence-corrected chi connectivity index (χ0v) is 21.6. The summed E-state index contributed by atoms with van der Waals surface area (Å²) in [5.41, 5.74) is 4.14. The predicted molar refractivity (Wildman–Crippen MR) is 145 cm³/mol. The van der Waals surface area contributed by atoms with Gasteiger partial charge in [0, 0.05) is 0 Å². The molecule has 0 spiro atoms. The number of rotatable bonds is 16.